The maximum atomic E-state index is 13.9. The summed E-state index contributed by atoms with van der Waals surface area (Å²) in [5.74, 6) is -1.44. The number of amides is 4. The molecule has 0 radical (unpaired) electrons. The SMILES string of the molecule is CC(C)(C)OC(=O)Nc1cccc(F)c1NCC(=O)NC(N)=O. The molecule has 0 atom stereocenters. The normalized spacial score (nSPS) is 10.6. The highest BCUT2D eigenvalue weighted by Crippen LogP contribution is 2.25. The predicted molar refractivity (Wildman–Crippen MR) is 82.5 cm³/mol. The number of urea groups is 1. The van der Waals surface area contributed by atoms with Crippen LogP contribution in [0.25, 0.3) is 0 Å². The van der Waals surface area contributed by atoms with E-state index in [0.717, 1.165) is 6.07 Å². The lowest BCUT2D eigenvalue weighted by Gasteiger charge is -2.20. The number of nitrogens with one attached hydrogen (secondary N) is 3. The predicted octanol–water partition coefficient (Wildman–Crippen LogP) is 1.78. The molecule has 0 fully saturated rings. The first-order valence-corrected chi connectivity index (χ1v) is 6.70. The van der Waals surface area contributed by atoms with Gasteiger partial charge in [0.1, 0.15) is 11.4 Å². The number of nitrogens with two attached hydrogens (primary N) is 1. The van der Waals surface area contributed by atoms with E-state index in [4.69, 9.17) is 10.5 Å². The van der Waals surface area contributed by atoms with Gasteiger partial charge < -0.3 is 15.8 Å². The van der Waals surface area contributed by atoms with Gasteiger partial charge in [-0.3, -0.25) is 15.4 Å². The van der Waals surface area contributed by atoms with Gasteiger partial charge in [0.2, 0.25) is 5.91 Å². The van der Waals surface area contributed by atoms with Crippen molar-refractivity contribution in [2.75, 3.05) is 17.2 Å². The summed E-state index contributed by atoms with van der Waals surface area (Å²) in [6.07, 6.45) is -0.771. The fourth-order valence-corrected chi connectivity index (χ4v) is 1.57. The van der Waals surface area contributed by atoms with Crippen LogP contribution in [0.15, 0.2) is 18.2 Å². The number of ether oxygens (including phenoxy) is 1. The number of rotatable bonds is 4. The van der Waals surface area contributed by atoms with Crippen molar-refractivity contribution in [3.63, 3.8) is 0 Å². The minimum atomic E-state index is -1.02. The van der Waals surface area contributed by atoms with Crippen LogP contribution in [-0.2, 0) is 9.53 Å². The highest BCUT2D eigenvalue weighted by molar-refractivity contribution is 5.96. The number of anilines is 2. The molecule has 1 rings (SSSR count). The lowest BCUT2D eigenvalue weighted by Crippen LogP contribution is -2.38. The van der Waals surface area contributed by atoms with Crippen molar-refractivity contribution in [1.29, 1.82) is 0 Å². The van der Waals surface area contributed by atoms with Crippen LogP contribution in [0, 0.1) is 5.82 Å². The van der Waals surface area contributed by atoms with Gasteiger partial charge in [-0.2, -0.15) is 0 Å². The van der Waals surface area contributed by atoms with Crippen molar-refractivity contribution in [1.82, 2.24) is 5.32 Å². The lowest BCUT2D eigenvalue weighted by molar-refractivity contribution is -0.118. The van der Waals surface area contributed by atoms with Gasteiger partial charge >= 0.3 is 12.1 Å². The second-order valence-electron chi connectivity index (χ2n) is 5.56. The molecule has 1 aromatic carbocycles. The molecule has 0 saturated heterocycles. The molecular formula is C14H19FN4O4. The molecule has 0 spiro atoms. The number of carbonyl (C=O) groups excluding carboxylic acids is 3. The summed E-state index contributed by atoms with van der Waals surface area (Å²) in [6.45, 7) is 4.65. The number of carbonyl (C=O) groups is 3. The molecule has 0 bridgehead atoms. The van der Waals surface area contributed by atoms with E-state index in [9.17, 15) is 18.8 Å². The van der Waals surface area contributed by atoms with Crippen molar-refractivity contribution in [2.45, 2.75) is 26.4 Å². The van der Waals surface area contributed by atoms with E-state index < -0.39 is 36.0 Å². The van der Waals surface area contributed by atoms with Crippen molar-refractivity contribution in [2.24, 2.45) is 5.73 Å². The zero-order valence-electron chi connectivity index (χ0n) is 13.0. The Kier molecular flexibility index (Phi) is 5.88. The van der Waals surface area contributed by atoms with Crippen LogP contribution in [0.5, 0.6) is 0 Å². The Labute approximate surface area is 132 Å². The van der Waals surface area contributed by atoms with E-state index in [-0.39, 0.29) is 11.4 Å². The number of hydrogen-bond donors (Lipinski definition) is 4. The summed E-state index contributed by atoms with van der Waals surface area (Å²) in [7, 11) is 0. The fraction of sp³-hybridized carbons (Fsp3) is 0.357. The van der Waals surface area contributed by atoms with Crippen LogP contribution in [0.1, 0.15) is 20.8 Å². The van der Waals surface area contributed by atoms with Gasteiger partial charge in [-0.15, -0.1) is 0 Å². The van der Waals surface area contributed by atoms with Gasteiger partial charge in [0.25, 0.3) is 0 Å². The monoisotopic (exact) mass is 326 g/mol. The van der Waals surface area contributed by atoms with E-state index in [0.29, 0.717) is 0 Å². The lowest BCUT2D eigenvalue weighted by atomic mass is 10.2. The zero-order valence-corrected chi connectivity index (χ0v) is 13.0. The van der Waals surface area contributed by atoms with Crippen molar-refractivity contribution in [3.05, 3.63) is 24.0 Å². The van der Waals surface area contributed by atoms with Gasteiger partial charge in [0.05, 0.1) is 17.9 Å². The molecule has 126 valence electrons. The molecule has 0 aromatic heterocycles. The number of para-hydroxylation sites is 1. The summed E-state index contributed by atoms with van der Waals surface area (Å²) in [5, 5.41) is 6.70. The minimum absolute atomic E-state index is 0.0890. The molecular weight excluding hydrogens is 307 g/mol. The molecule has 1 aromatic rings. The Hall–Kier alpha value is -2.84. The van der Waals surface area contributed by atoms with E-state index >= 15 is 0 Å². The third-order valence-corrected chi connectivity index (χ3v) is 2.34. The van der Waals surface area contributed by atoms with Crippen molar-refractivity contribution < 1.29 is 23.5 Å². The standard InChI is InChI=1S/C14H19FN4O4/c1-14(2,3)23-13(22)18-9-6-4-5-8(15)11(9)17-7-10(20)19-12(16)21/h4-6,17H,7H2,1-3H3,(H,18,22)(H3,16,19,20,21). The third-order valence-electron chi connectivity index (χ3n) is 2.34. The Morgan fingerprint density at radius 2 is 1.91 bits per heavy atom. The van der Waals surface area contributed by atoms with Gasteiger partial charge in [-0.1, -0.05) is 6.07 Å². The molecule has 0 heterocycles. The smallest absolute Gasteiger partial charge is 0.412 e. The summed E-state index contributed by atoms with van der Waals surface area (Å²) in [6, 6.07) is 2.95. The van der Waals surface area contributed by atoms with Gasteiger partial charge in [-0.05, 0) is 32.9 Å². The Morgan fingerprint density at radius 3 is 2.48 bits per heavy atom. The van der Waals surface area contributed by atoms with Crippen molar-refractivity contribution >= 4 is 29.4 Å². The molecule has 23 heavy (non-hydrogen) atoms. The maximum Gasteiger partial charge on any atom is 0.412 e. The topological polar surface area (TPSA) is 123 Å². The molecule has 0 unspecified atom stereocenters. The van der Waals surface area contributed by atoms with Crippen LogP contribution in [-0.4, -0.2) is 30.2 Å². The second-order valence-corrected chi connectivity index (χ2v) is 5.56. The summed E-state index contributed by atoms with van der Waals surface area (Å²) in [5.41, 5.74) is 4.06. The number of primary amides is 1. The average Bonchev–Trinajstić information content (AvgIpc) is 2.34. The highest BCUT2D eigenvalue weighted by atomic mass is 19.1. The molecule has 5 N–H and O–H groups in total. The molecule has 0 saturated carbocycles. The summed E-state index contributed by atoms with van der Waals surface area (Å²) in [4.78, 5) is 33.6. The van der Waals surface area contributed by atoms with Crippen molar-refractivity contribution in [3.8, 4) is 0 Å². The quantitative estimate of drug-likeness (QED) is 0.671. The first kappa shape index (κ1) is 18.2. The molecule has 4 amide bonds. The second kappa shape index (κ2) is 7.43. The zero-order chi connectivity index (χ0) is 17.6. The number of benzene rings is 1. The first-order chi connectivity index (χ1) is 10.6. The van der Waals surface area contributed by atoms with E-state index in [2.05, 4.69) is 10.6 Å². The number of halogens is 1. The minimum Gasteiger partial charge on any atom is -0.444 e. The largest absolute Gasteiger partial charge is 0.444 e. The Bertz CT molecular complexity index is 613. The summed E-state index contributed by atoms with van der Waals surface area (Å²) >= 11 is 0. The van der Waals surface area contributed by atoms with Crippen LogP contribution >= 0.6 is 0 Å². The van der Waals surface area contributed by atoms with Gasteiger partial charge in [0.15, 0.2) is 0 Å². The molecule has 0 aliphatic rings. The van der Waals surface area contributed by atoms with Gasteiger partial charge in [-0.25, -0.2) is 14.0 Å². The van der Waals surface area contributed by atoms with Crippen LogP contribution in [0.4, 0.5) is 25.4 Å². The fourth-order valence-electron chi connectivity index (χ4n) is 1.57. The number of imide groups is 1. The van der Waals surface area contributed by atoms with Crippen LogP contribution in [0.3, 0.4) is 0 Å². The van der Waals surface area contributed by atoms with E-state index in [1.807, 2.05) is 5.32 Å². The number of hydrogen-bond acceptors (Lipinski definition) is 5. The van der Waals surface area contributed by atoms with Crippen LogP contribution < -0.4 is 21.7 Å². The van der Waals surface area contributed by atoms with E-state index in [1.54, 1.807) is 20.8 Å². The van der Waals surface area contributed by atoms with Crippen LogP contribution in [0.2, 0.25) is 0 Å². The summed E-state index contributed by atoms with van der Waals surface area (Å²) < 4.78 is 18.9. The maximum absolute atomic E-state index is 13.9. The first-order valence-electron chi connectivity index (χ1n) is 6.70. The average molecular weight is 326 g/mol. The Morgan fingerprint density at radius 1 is 1.26 bits per heavy atom. The molecule has 0 aliphatic carbocycles. The third kappa shape index (κ3) is 6.64. The highest BCUT2D eigenvalue weighted by Gasteiger charge is 2.18. The molecule has 8 nitrogen and oxygen atoms in total. The molecule has 9 heteroatoms. The van der Waals surface area contributed by atoms with E-state index in [1.165, 1.54) is 12.1 Å². The Balaban J connectivity index is 2.81. The van der Waals surface area contributed by atoms with Gasteiger partial charge in [0, 0.05) is 0 Å². The molecule has 0 aliphatic heterocycles.